The molecular formula is C25H29N3O3. The number of fused-ring (bicyclic) bond motifs is 2. The molecule has 0 saturated heterocycles. The van der Waals surface area contributed by atoms with Crippen LogP contribution in [0.25, 0.3) is 10.9 Å². The first-order chi connectivity index (χ1) is 14.7. The fourth-order valence-corrected chi connectivity index (χ4v) is 4.28. The highest BCUT2D eigenvalue weighted by molar-refractivity contribution is 6.08. The molecule has 6 nitrogen and oxygen atoms in total. The van der Waals surface area contributed by atoms with E-state index < -0.39 is 24.3 Å². The molecule has 31 heavy (non-hydrogen) atoms. The Labute approximate surface area is 183 Å². The summed E-state index contributed by atoms with van der Waals surface area (Å²) in [7, 11) is 0. The second-order valence-electron chi connectivity index (χ2n) is 9.00. The van der Waals surface area contributed by atoms with Crippen LogP contribution in [0.1, 0.15) is 62.2 Å². The van der Waals surface area contributed by atoms with Crippen LogP contribution < -0.4 is 0 Å². The molecule has 6 heteroatoms. The van der Waals surface area contributed by atoms with Crippen LogP contribution in [-0.4, -0.2) is 29.1 Å². The molecule has 0 spiro atoms. The molecule has 0 bridgehead atoms. The van der Waals surface area contributed by atoms with Crippen molar-refractivity contribution in [1.29, 1.82) is 10.7 Å². The second kappa shape index (κ2) is 8.97. The van der Waals surface area contributed by atoms with E-state index in [1.165, 1.54) is 6.92 Å². The molecule has 0 aliphatic heterocycles. The summed E-state index contributed by atoms with van der Waals surface area (Å²) >= 11 is 0. The summed E-state index contributed by atoms with van der Waals surface area (Å²) < 4.78 is 5.38. The highest BCUT2D eigenvalue weighted by Gasteiger charge is 2.35. The first-order valence-corrected chi connectivity index (χ1v) is 10.7. The highest BCUT2D eigenvalue weighted by atomic mass is 16.5. The zero-order valence-electron chi connectivity index (χ0n) is 18.6. The minimum atomic E-state index is -1.19. The van der Waals surface area contributed by atoms with Crippen molar-refractivity contribution >= 4 is 28.4 Å². The summed E-state index contributed by atoms with van der Waals surface area (Å²) in [5, 5.41) is 17.4. The van der Waals surface area contributed by atoms with Crippen LogP contribution in [0.2, 0.25) is 0 Å². The van der Waals surface area contributed by atoms with Crippen LogP contribution >= 0.6 is 0 Å². The van der Waals surface area contributed by atoms with Gasteiger partial charge in [0.2, 0.25) is 0 Å². The third-order valence-corrected chi connectivity index (χ3v) is 6.71. The molecule has 2 aromatic rings. The Kier molecular flexibility index (Phi) is 6.54. The average molecular weight is 420 g/mol. The number of aryl methyl sites for hydroxylation is 1. The van der Waals surface area contributed by atoms with Crippen molar-refractivity contribution < 1.29 is 14.3 Å². The molecule has 1 aromatic heterocycles. The third kappa shape index (κ3) is 4.51. The van der Waals surface area contributed by atoms with Gasteiger partial charge in [0.05, 0.1) is 17.1 Å². The fraction of sp³-hybridized carbons (Fsp3) is 0.480. The largest absolute Gasteiger partial charge is 0.454 e. The quantitative estimate of drug-likeness (QED) is 0.518. The van der Waals surface area contributed by atoms with Gasteiger partial charge < -0.3 is 10.1 Å². The number of carbonyl (C=O) groups is 2. The summed E-state index contributed by atoms with van der Waals surface area (Å²) in [6.07, 6.45) is 3.61. The molecule has 0 amide bonds. The maximum absolute atomic E-state index is 13.2. The number of hydrogen-bond donors (Lipinski definition) is 1. The van der Waals surface area contributed by atoms with Gasteiger partial charge in [0.15, 0.2) is 12.4 Å². The summed E-state index contributed by atoms with van der Waals surface area (Å²) in [4.78, 5) is 30.3. The Hall–Kier alpha value is -3.07. The maximum atomic E-state index is 13.2. The van der Waals surface area contributed by atoms with E-state index in [2.05, 4.69) is 20.8 Å². The molecule has 0 unspecified atom stereocenters. The van der Waals surface area contributed by atoms with Gasteiger partial charge in [-0.25, -0.2) is 4.79 Å². The van der Waals surface area contributed by atoms with E-state index in [1.807, 2.05) is 24.3 Å². The van der Waals surface area contributed by atoms with Crippen molar-refractivity contribution in [2.75, 3.05) is 6.61 Å². The number of nitrogens with one attached hydrogen (secondary N) is 1. The van der Waals surface area contributed by atoms with Gasteiger partial charge in [-0.15, -0.1) is 0 Å². The first kappa shape index (κ1) is 22.6. The normalized spacial score (nSPS) is 16.8. The zero-order valence-corrected chi connectivity index (χ0v) is 18.6. The molecular weight excluding hydrogens is 390 g/mol. The van der Waals surface area contributed by atoms with E-state index in [4.69, 9.17) is 20.4 Å². The third-order valence-electron chi connectivity index (χ3n) is 6.71. The Morgan fingerprint density at radius 1 is 1.35 bits per heavy atom. The monoisotopic (exact) mass is 419 g/mol. The number of pyridine rings is 1. The van der Waals surface area contributed by atoms with E-state index in [0.29, 0.717) is 16.9 Å². The lowest BCUT2D eigenvalue weighted by Gasteiger charge is -2.37. The van der Waals surface area contributed by atoms with Gasteiger partial charge in [0.25, 0.3) is 0 Å². The minimum Gasteiger partial charge on any atom is -0.454 e. The number of nitrogens with zero attached hydrogens (tertiary/aromatic N) is 2. The van der Waals surface area contributed by atoms with Crippen LogP contribution in [0.15, 0.2) is 24.3 Å². The molecule has 1 N–H and O–H groups in total. The molecule has 0 fully saturated rings. The highest BCUT2D eigenvalue weighted by Crippen LogP contribution is 2.41. The van der Waals surface area contributed by atoms with Gasteiger partial charge in [-0.3, -0.25) is 9.78 Å². The van der Waals surface area contributed by atoms with E-state index in [-0.39, 0.29) is 11.1 Å². The van der Waals surface area contributed by atoms with Crippen LogP contribution in [0, 0.1) is 34.0 Å². The van der Waals surface area contributed by atoms with Crippen molar-refractivity contribution in [3.05, 3.63) is 41.1 Å². The molecule has 1 aliphatic carbocycles. The topological polar surface area (TPSA) is 104 Å². The number of carbonyl (C=O) groups excluding carboxylic acids is 2. The molecule has 0 saturated carbocycles. The second-order valence-corrected chi connectivity index (χ2v) is 9.00. The van der Waals surface area contributed by atoms with E-state index in [0.717, 1.165) is 42.5 Å². The average Bonchev–Trinajstić information content (AvgIpc) is 2.75. The van der Waals surface area contributed by atoms with E-state index in [9.17, 15) is 9.59 Å². The number of ether oxygens (including phenoxy) is 1. The molecule has 1 heterocycles. The van der Waals surface area contributed by atoms with Gasteiger partial charge in [0.1, 0.15) is 5.92 Å². The summed E-state index contributed by atoms with van der Waals surface area (Å²) in [5.41, 5.74) is 3.13. The van der Waals surface area contributed by atoms with Crippen LogP contribution in [0.3, 0.4) is 0 Å². The minimum absolute atomic E-state index is 0.0556. The Bertz CT molecular complexity index is 1080. The Balaban J connectivity index is 1.98. The van der Waals surface area contributed by atoms with Gasteiger partial charge >= 0.3 is 5.97 Å². The van der Waals surface area contributed by atoms with E-state index in [1.54, 1.807) is 6.07 Å². The van der Waals surface area contributed by atoms with Crippen LogP contribution in [0.5, 0.6) is 0 Å². The molecule has 162 valence electrons. The number of para-hydroxylation sites is 1. The Morgan fingerprint density at radius 2 is 2.06 bits per heavy atom. The predicted octanol–water partition coefficient (Wildman–Crippen LogP) is 4.68. The van der Waals surface area contributed by atoms with Crippen molar-refractivity contribution in [3.63, 3.8) is 0 Å². The van der Waals surface area contributed by atoms with Gasteiger partial charge in [-0.1, -0.05) is 45.4 Å². The van der Waals surface area contributed by atoms with Crippen LogP contribution in [0.4, 0.5) is 0 Å². The van der Waals surface area contributed by atoms with Gasteiger partial charge in [-0.05, 0) is 49.1 Å². The molecule has 0 radical (unpaired) electrons. The van der Waals surface area contributed by atoms with Gasteiger partial charge in [-0.2, -0.15) is 5.26 Å². The predicted molar refractivity (Wildman–Crippen MR) is 119 cm³/mol. The van der Waals surface area contributed by atoms with Crippen molar-refractivity contribution in [2.24, 2.45) is 17.3 Å². The molecule has 1 aromatic carbocycles. The number of aromatic nitrogens is 1. The summed E-state index contributed by atoms with van der Waals surface area (Å²) in [5.74, 6) is -1.92. The van der Waals surface area contributed by atoms with Crippen molar-refractivity contribution in [3.8, 4) is 6.07 Å². The number of esters is 1. The number of benzene rings is 1. The summed E-state index contributed by atoms with van der Waals surface area (Å²) in [6, 6.07) is 9.28. The fourth-order valence-electron chi connectivity index (χ4n) is 4.28. The number of rotatable bonds is 7. The number of ketones is 1. The summed E-state index contributed by atoms with van der Waals surface area (Å²) in [6.45, 7) is 7.58. The SMILES string of the molecule is CCC(C)(C)[C@@H]1CCc2nc3ccccc3c(C(=O)OCC(=O)[C@@H](C#N)C(C)=N)c2C1. The number of hydrogen-bond acceptors (Lipinski definition) is 6. The van der Waals surface area contributed by atoms with Crippen LogP contribution in [-0.2, 0) is 22.4 Å². The van der Waals surface area contributed by atoms with Crippen molar-refractivity contribution in [2.45, 2.75) is 53.4 Å². The maximum Gasteiger partial charge on any atom is 0.339 e. The van der Waals surface area contributed by atoms with Gasteiger partial charge in [0, 0.05) is 16.8 Å². The smallest absolute Gasteiger partial charge is 0.339 e. The Morgan fingerprint density at radius 3 is 2.71 bits per heavy atom. The standard InChI is InChI=1S/C25H29N3O3/c1-5-25(3,4)16-10-11-21-18(12-16)23(17-8-6-7-9-20(17)28-21)24(30)31-14-22(29)19(13-26)15(2)27/h6-9,16,19,27H,5,10-12,14H2,1-4H3/t16-,19+/m1/s1. The molecule has 3 rings (SSSR count). The lowest BCUT2D eigenvalue weighted by Crippen LogP contribution is -2.31. The molecule has 2 atom stereocenters. The number of nitriles is 1. The zero-order chi connectivity index (χ0) is 22.8. The van der Waals surface area contributed by atoms with E-state index >= 15 is 0 Å². The first-order valence-electron chi connectivity index (χ1n) is 10.7. The lowest BCUT2D eigenvalue weighted by molar-refractivity contribution is -0.122. The van der Waals surface area contributed by atoms with Crippen molar-refractivity contribution in [1.82, 2.24) is 4.98 Å². The lowest BCUT2D eigenvalue weighted by atomic mass is 9.68. The number of Topliss-reactive ketones (excluding diaryl/α,β-unsaturated/α-hetero) is 1. The molecule has 1 aliphatic rings.